The van der Waals surface area contributed by atoms with Crippen molar-refractivity contribution in [1.82, 2.24) is 0 Å². The molecule has 4 fully saturated rings. The second-order valence-corrected chi connectivity index (χ2v) is 12.7. The summed E-state index contributed by atoms with van der Waals surface area (Å²) in [6, 6.07) is 3.62. The molecule has 4 aliphatic carbocycles. The molecule has 6 radical (unpaired) electrons. The zero-order chi connectivity index (χ0) is 28.8. The maximum absolute atomic E-state index is 13.6. The van der Waals surface area contributed by atoms with Crippen LogP contribution in [-0.4, -0.2) is 66.5 Å². The minimum absolute atomic E-state index is 0.0581. The van der Waals surface area contributed by atoms with Gasteiger partial charge in [-0.25, -0.2) is 0 Å². The Morgan fingerprint density at radius 1 is 0.949 bits per heavy atom. The lowest BCUT2D eigenvalue weighted by molar-refractivity contribution is -0.231. The second-order valence-electron chi connectivity index (χ2n) is 11.2. The lowest BCUT2D eigenvalue weighted by Gasteiger charge is -2.59. The van der Waals surface area contributed by atoms with E-state index < -0.39 is 50.9 Å². The quantitative estimate of drug-likeness (QED) is 0.266. The van der Waals surface area contributed by atoms with Gasteiger partial charge >= 0.3 is 18.1 Å². The van der Waals surface area contributed by atoms with Gasteiger partial charge in [-0.15, -0.1) is 0 Å². The lowest BCUT2D eigenvalue weighted by Crippen LogP contribution is -2.59. The predicted molar refractivity (Wildman–Crippen MR) is 137 cm³/mol. The molecular formula is C25H28B3F3O7S. The van der Waals surface area contributed by atoms with Crippen molar-refractivity contribution < 1.29 is 45.2 Å². The summed E-state index contributed by atoms with van der Waals surface area (Å²) >= 11 is 0. The minimum atomic E-state index is -5.20. The smallest absolute Gasteiger partial charge is 0.426 e. The van der Waals surface area contributed by atoms with Gasteiger partial charge in [-0.1, -0.05) is 36.7 Å². The second kappa shape index (κ2) is 10.8. The highest BCUT2D eigenvalue weighted by atomic mass is 32.2. The Labute approximate surface area is 229 Å². The van der Waals surface area contributed by atoms with E-state index in [0.717, 1.165) is 23.1 Å². The highest BCUT2D eigenvalue weighted by molar-refractivity contribution is 7.85. The first-order valence-corrected chi connectivity index (χ1v) is 14.4. The summed E-state index contributed by atoms with van der Waals surface area (Å²) in [5.74, 6) is -3.75. The van der Waals surface area contributed by atoms with Crippen LogP contribution in [0.3, 0.4) is 0 Å². The average molecular weight is 562 g/mol. The predicted octanol–water partition coefficient (Wildman–Crippen LogP) is 2.68. The van der Waals surface area contributed by atoms with Crippen LogP contribution in [0.2, 0.25) is 0 Å². The van der Waals surface area contributed by atoms with Gasteiger partial charge in [0.2, 0.25) is 6.10 Å². The summed E-state index contributed by atoms with van der Waals surface area (Å²) in [6.45, 7) is -0.120. The molecule has 4 saturated carbocycles. The molecule has 5 rings (SSSR count). The fourth-order valence-electron chi connectivity index (χ4n) is 7.28. The van der Waals surface area contributed by atoms with Crippen molar-refractivity contribution in [3.63, 3.8) is 0 Å². The Hall–Kier alpha value is -1.95. The van der Waals surface area contributed by atoms with Gasteiger partial charge in [0.25, 0.3) is 10.1 Å². The molecule has 1 aromatic carbocycles. The summed E-state index contributed by atoms with van der Waals surface area (Å²) in [4.78, 5) is 26.8. The van der Waals surface area contributed by atoms with Gasteiger partial charge in [0.15, 0.2) is 0 Å². The van der Waals surface area contributed by atoms with Gasteiger partial charge in [0.1, 0.15) is 12.4 Å². The van der Waals surface area contributed by atoms with Crippen molar-refractivity contribution in [2.24, 2.45) is 22.7 Å². The van der Waals surface area contributed by atoms with Crippen molar-refractivity contribution in [3.8, 4) is 0 Å². The molecule has 7 nitrogen and oxygen atoms in total. The monoisotopic (exact) mass is 562 g/mol. The third-order valence-corrected chi connectivity index (χ3v) is 9.24. The fourth-order valence-corrected chi connectivity index (χ4v) is 7.92. The number of hydrogen-bond donors (Lipinski definition) is 1. The van der Waals surface area contributed by atoms with Crippen LogP contribution in [0, 0.1) is 22.7 Å². The summed E-state index contributed by atoms with van der Waals surface area (Å²) < 4.78 is 82.2. The van der Waals surface area contributed by atoms with Crippen LogP contribution in [0.15, 0.2) is 12.1 Å². The van der Waals surface area contributed by atoms with Crippen LogP contribution in [0.25, 0.3) is 0 Å². The molecule has 0 heterocycles. The van der Waals surface area contributed by atoms with E-state index in [9.17, 15) is 31.2 Å². The van der Waals surface area contributed by atoms with Crippen LogP contribution >= 0.6 is 0 Å². The first kappa shape index (κ1) is 30.0. The largest absolute Gasteiger partial charge is 0.460 e. The molecule has 1 aromatic rings. The van der Waals surface area contributed by atoms with E-state index in [-0.39, 0.29) is 56.7 Å². The number of halogens is 3. The van der Waals surface area contributed by atoms with Crippen LogP contribution in [0.1, 0.15) is 60.8 Å². The zero-order valence-corrected chi connectivity index (χ0v) is 22.2. The molecule has 0 amide bonds. The molecule has 0 aliphatic heterocycles. The van der Waals surface area contributed by atoms with Crippen LogP contribution in [-0.2, 0) is 54.7 Å². The van der Waals surface area contributed by atoms with Gasteiger partial charge in [-0.3, -0.25) is 14.1 Å². The number of carbonyl (C=O) groups is 2. The van der Waals surface area contributed by atoms with Crippen molar-refractivity contribution in [2.45, 2.75) is 76.4 Å². The van der Waals surface area contributed by atoms with Crippen molar-refractivity contribution in [2.75, 3.05) is 5.75 Å². The van der Waals surface area contributed by atoms with E-state index in [1.54, 1.807) is 6.07 Å². The van der Waals surface area contributed by atoms with Crippen LogP contribution in [0.4, 0.5) is 13.2 Å². The van der Waals surface area contributed by atoms with E-state index in [1.165, 1.54) is 0 Å². The highest BCUT2D eigenvalue weighted by Crippen LogP contribution is 2.66. The molecule has 3 unspecified atom stereocenters. The number of benzene rings is 1. The molecule has 3 atom stereocenters. The molecule has 39 heavy (non-hydrogen) atoms. The minimum Gasteiger partial charge on any atom is -0.460 e. The van der Waals surface area contributed by atoms with Crippen molar-refractivity contribution in [1.29, 1.82) is 0 Å². The van der Waals surface area contributed by atoms with Crippen molar-refractivity contribution >= 4 is 45.6 Å². The Balaban J connectivity index is 1.57. The Morgan fingerprint density at radius 3 is 1.92 bits per heavy atom. The van der Waals surface area contributed by atoms with Gasteiger partial charge in [-0.05, 0) is 67.1 Å². The number of ether oxygens (including phenoxy) is 2. The van der Waals surface area contributed by atoms with E-state index in [0.29, 0.717) is 18.4 Å². The van der Waals surface area contributed by atoms with E-state index in [2.05, 4.69) is 0 Å². The average Bonchev–Trinajstić information content (AvgIpc) is 2.83. The number of alkyl halides is 3. The van der Waals surface area contributed by atoms with Gasteiger partial charge in [0.05, 0.1) is 34.4 Å². The summed E-state index contributed by atoms with van der Waals surface area (Å²) in [5.41, 5.74) is 0.460. The first-order valence-electron chi connectivity index (χ1n) is 12.8. The molecule has 0 spiro atoms. The number of esters is 2. The molecule has 0 aromatic heterocycles. The molecule has 4 bridgehead atoms. The lowest BCUT2D eigenvalue weighted by atomic mass is 9.44. The van der Waals surface area contributed by atoms with E-state index >= 15 is 0 Å². The first-order chi connectivity index (χ1) is 18.1. The third kappa shape index (κ3) is 6.06. The van der Waals surface area contributed by atoms with E-state index in [4.69, 9.17) is 37.6 Å². The topological polar surface area (TPSA) is 107 Å². The molecule has 1 N–H and O–H groups in total. The SMILES string of the molecule is [B]Cc1ccc(C[B])c(COC(=O)C23CC4CC(C2)CC(C(=O)OC(CS(=O)(=O)O)C(F)(F)F)(C4)C3)c1C[B]. The number of hydrogen-bond acceptors (Lipinski definition) is 6. The number of carbonyl (C=O) groups excluding carboxylic acids is 2. The van der Waals surface area contributed by atoms with E-state index in [1.807, 2.05) is 6.07 Å². The van der Waals surface area contributed by atoms with Gasteiger partial charge in [0, 0.05) is 0 Å². The Kier molecular flexibility index (Phi) is 8.31. The summed E-state index contributed by atoms with van der Waals surface area (Å²) in [5, 5.41) is 0. The highest BCUT2D eigenvalue weighted by Gasteiger charge is 2.65. The maximum Gasteiger partial charge on any atom is 0.426 e. The third-order valence-electron chi connectivity index (χ3n) is 8.52. The molecule has 14 heteroatoms. The van der Waals surface area contributed by atoms with Crippen molar-refractivity contribution in [3.05, 3.63) is 34.4 Å². The summed E-state index contributed by atoms with van der Waals surface area (Å²) in [6.07, 6.45) is -5.65. The molecule has 0 saturated heterocycles. The maximum atomic E-state index is 13.6. The molecule has 206 valence electrons. The van der Waals surface area contributed by atoms with Crippen LogP contribution < -0.4 is 0 Å². The Morgan fingerprint density at radius 2 is 1.46 bits per heavy atom. The van der Waals surface area contributed by atoms with Crippen LogP contribution in [0.5, 0.6) is 0 Å². The fraction of sp³-hybridized carbons (Fsp3) is 0.680. The standard InChI is InChI=1S/C25H28B3F3O7S/c26-8-16-1-2-17(9-27)19(18(16)10-28)11-37-21(32)23-4-14-3-15(5-23)7-24(6-14,13-23)22(33)38-20(25(29,30)31)12-39(34,35)36/h1-2,14-15,20H,3-13H2,(H,34,35,36). The molecule has 4 aliphatic rings. The van der Waals surface area contributed by atoms with Gasteiger partial charge < -0.3 is 9.47 Å². The molecular weight excluding hydrogens is 534 g/mol. The normalized spacial score (nSPS) is 28.7. The van der Waals surface area contributed by atoms with Gasteiger partial charge in [-0.2, -0.15) is 21.6 Å². The number of rotatable bonds is 10. The zero-order valence-electron chi connectivity index (χ0n) is 21.3. The summed E-state index contributed by atoms with van der Waals surface area (Å²) in [7, 11) is 12.6. The Bertz CT molecular complexity index is 1220.